The van der Waals surface area contributed by atoms with Gasteiger partial charge < -0.3 is 0 Å². The maximum Gasteiger partial charge on any atom is 0.0175 e. The third-order valence-corrected chi connectivity index (χ3v) is 6.24. The van der Waals surface area contributed by atoms with Crippen LogP contribution in [0, 0.1) is 0 Å². The van der Waals surface area contributed by atoms with Crippen molar-refractivity contribution < 1.29 is 0 Å². The summed E-state index contributed by atoms with van der Waals surface area (Å²) in [5, 5.41) is 2.69. The molecule has 1 aliphatic rings. The fourth-order valence-electron chi connectivity index (χ4n) is 4.44. The lowest BCUT2D eigenvalue weighted by Crippen LogP contribution is -2.15. The van der Waals surface area contributed by atoms with Crippen LogP contribution >= 0.6 is 15.9 Å². The first kappa shape index (κ1) is 15.8. The van der Waals surface area contributed by atoms with E-state index in [9.17, 15) is 0 Å². The lowest BCUT2D eigenvalue weighted by molar-refractivity contribution is 0.666. The van der Waals surface area contributed by atoms with Gasteiger partial charge in [0.25, 0.3) is 0 Å². The van der Waals surface area contributed by atoms with Crippen molar-refractivity contribution in [2.45, 2.75) is 19.3 Å². The molecule has 0 heterocycles. The molecule has 1 heteroatoms. The zero-order valence-corrected chi connectivity index (χ0v) is 16.5. The molecule has 5 rings (SSSR count). The van der Waals surface area contributed by atoms with Gasteiger partial charge in [0.15, 0.2) is 0 Å². The topological polar surface area (TPSA) is 0 Å². The molecule has 0 atom stereocenters. The summed E-state index contributed by atoms with van der Waals surface area (Å²) in [6.07, 6.45) is 0. The molecule has 0 spiro atoms. The van der Waals surface area contributed by atoms with Gasteiger partial charge in [0.1, 0.15) is 0 Å². The Morgan fingerprint density at radius 1 is 0.692 bits per heavy atom. The maximum absolute atomic E-state index is 3.53. The molecule has 4 aromatic carbocycles. The molecule has 0 N–H and O–H groups in total. The average Bonchev–Trinajstić information content (AvgIpc) is 2.90. The number of hydrogen-bond donors (Lipinski definition) is 0. The van der Waals surface area contributed by atoms with Crippen molar-refractivity contribution in [3.63, 3.8) is 0 Å². The standard InChI is InChI=1S/C25H19Br/c1-25(2)23-14-10-18(16-7-11-19(26)12-8-16)15-22(23)21-13-9-17-5-3-4-6-20(17)24(21)25/h3-15H,1-2H3. The second-order valence-electron chi connectivity index (χ2n) is 7.60. The van der Waals surface area contributed by atoms with Crippen LogP contribution in [0.25, 0.3) is 33.0 Å². The number of hydrogen-bond acceptors (Lipinski definition) is 0. The molecule has 0 saturated carbocycles. The molecule has 1 aliphatic carbocycles. The molecule has 0 aliphatic heterocycles. The Morgan fingerprint density at radius 2 is 1.42 bits per heavy atom. The summed E-state index contributed by atoms with van der Waals surface area (Å²) in [5.74, 6) is 0. The van der Waals surface area contributed by atoms with Gasteiger partial charge in [-0.15, -0.1) is 0 Å². The first-order chi connectivity index (χ1) is 12.6. The van der Waals surface area contributed by atoms with E-state index in [1.807, 2.05) is 0 Å². The van der Waals surface area contributed by atoms with Crippen LogP contribution in [0.1, 0.15) is 25.0 Å². The zero-order chi connectivity index (χ0) is 17.9. The van der Waals surface area contributed by atoms with Gasteiger partial charge in [-0.05, 0) is 62.4 Å². The molecule has 26 heavy (non-hydrogen) atoms. The van der Waals surface area contributed by atoms with Crippen LogP contribution in [0.5, 0.6) is 0 Å². The highest BCUT2D eigenvalue weighted by atomic mass is 79.9. The first-order valence-corrected chi connectivity index (χ1v) is 9.78. The van der Waals surface area contributed by atoms with Crippen molar-refractivity contribution in [3.8, 4) is 22.3 Å². The number of benzene rings is 4. The van der Waals surface area contributed by atoms with Gasteiger partial charge in [-0.25, -0.2) is 0 Å². The van der Waals surface area contributed by atoms with Crippen molar-refractivity contribution in [1.29, 1.82) is 0 Å². The molecular formula is C25H19Br. The van der Waals surface area contributed by atoms with Crippen LogP contribution in [0.3, 0.4) is 0 Å². The van der Waals surface area contributed by atoms with Gasteiger partial charge >= 0.3 is 0 Å². The molecule has 0 nitrogen and oxygen atoms in total. The van der Waals surface area contributed by atoms with Gasteiger partial charge in [0.05, 0.1) is 0 Å². The second-order valence-corrected chi connectivity index (χ2v) is 8.52. The Labute approximate surface area is 162 Å². The Bertz CT molecular complexity index is 1150. The minimum absolute atomic E-state index is 0.0176. The Balaban J connectivity index is 1.77. The van der Waals surface area contributed by atoms with Gasteiger partial charge in [-0.3, -0.25) is 0 Å². The smallest absolute Gasteiger partial charge is 0.0175 e. The van der Waals surface area contributed by atoms with Gasteiger partial charge in [0.2, 0.25) is 0 Å². The van der Waals surface area contributed by atoms with Crippen LogP contribution in [0.2, 0.25) is 0 Å². The van der Waals surface area contributed by atoms with Crippen LogP contribution < -0.4 is 0 Å². The van der Waals surface area contributed by atoms with Crippen molar-refractivity contribution in [2.75, 3.05) is 0 Å². The molecule has 0 aromatic heterocycles. The van der Waals surface area contributed by atoms with E-state index in [4.69, 9.17) is 0 Å². The molecule has 0 bridgehead atoms. The van der Waals surface area contributed by atoms with Crippen LogP contribution in [-0.2, 0) is 5.41 Å². The van der Waals surface area contributed by atoms with Crippen molar-refractivity contribution in [2.24, 2.45) is 0 Å². The molecule has 0 fully saturated rings. The highest BCUT2D eigenvalue weighted by Gasteiger charge is 2.36. The van der Waals surface area contributed by atoms with E-state index in [2.05, 4.69) is 109 Å². The zero-order valence-electron chi connectivity index (χ0n) is 14.9. The van der Waals surface area contributed by atoms with E-state index in [0.717, 1.165) is 4.47 Å². The van der Waals surface area contributed by atoms with Crippen molar-refractivity contribution in [3.05, 3.63) is 94.5 Å². The average molecular weight is 399 g/mol. The Hall–Kier alpha value is -2.38. The predicted octanol–water partition coefficient (Wildman–Crippen LogP) is 7.58. The molecule has 0 amide bonds. The lowest BCUT2D eigenvalue weighted by atomic mass is 9.80. The van der Waals surface area contributed by atoms with E-state index in [-0.39, 0.29) is 5.41 Å². The highest BCUT2D eigenvalue weighted by Crippen LogP contribution is 2.52. The van der Waals surface area contributed by atoms with Gasteiger partial charge in [-0.2, -0.15) is 0 Å². The van der Waals surface area contributed by atoms with E-state index < -0.39 is 0 Å². The Morgan fingerprint density at radius 3 is 2.23 bits per heavy atom. The summed E-state index contributed by atoms with van der Waals surface area (Å²) >= 11 is 3.53. The SMILES string of the molecule is CC1(C)c2ccc(-c3ccc(Br)cc3)cc2-c2ccc3ccccc3c21. The van der Waals surface area contributed by atoms with Crippen LogP contribution in [-0.4, -0.2) is 0 Å². The normalized spacial score (nSPS) is 14.3. The molecular weight excluding hydrogens is 380 g/mol. The number of halogens is 1. The van der Waals surface area contributed by atoms with Crippen molar-refractivity contribution >= 4 is 26.7 Å². The molecule has 0 unspecified atom stereocenters. The van der Waals surface area contributed by atoms with Gasteiger partial charge in [-0.1, -0.05) is 90.4 Å². The fraction of sp³-hybridized carbons (Fsp3) is 0.120. The second kappa shape index (κ2) is 5.56. The Kier molecular flexibility index (Phi) is 3.39. The van der Waals surface area contributed by atoms with Crippen molar-refractivity contribution in [1.82, 2.24) is 0 Å². The lowest BCUT2D eigenvalue weighted by Gasteiger charge is -2.23. The molecule has 0 radical (unpaired) electrons. The van der Waals surface area contributed by atoms with E-state index >= 15 is 0 Å². The highest BCUT2D eigenvalue weighted by molar-refractivity contribution is 9.10. The van der Waals surface area contributed by atoms with E-state index in [0.29, 0.717) is 0 Å². The maximum atomic E-state index is 3.53. The third-order valence-electron chi connectivity index (χ3n) is 5.71. The third kappa shape index (κ3) is 2.20. The molecule has 126 valence electrons. The summed E-state index contributed by atoms with van der Waals surface area (Å²) in [4.78, 5) is 0. The first-order valence-electron chi connectivity index (χ1n) is 8.99. The number of rotatable bonds is 1. The minimum atomic E-state index is 0.0176. The van der Waals surface area contributed by atoms with Crippen LogP contribution in [0.4, 0.5) is 0 Å². The minimum Gasteiger partial charge on any atom is -0.0616 e. The molecule has 4 aromatic rings. The summed E-state index contributed by atoms with van der Waals surface area (Å²) in [6, 6.07) is 28.8. The summed E-state index contributed by atoms with van der Waals surface area (Å²) in [7, 11) is 0. The number of fused-ring (bicyclic) bond motifs is 5. The van der Waals surface area contributed by atoms with E-state index in [1.165, 1.54) is 44.2 Å². The van der Waals surface area contributed by atoms with Crippen LogP contribution in [0.15, 0.2) is 83.3 Å². The predicted molar refractivity (Wildman–Crippen MR) is 115 cm³/mol. The van der Waals surface area contributed by atoms with E-state index in [1.54, 1.807) is 0 Å². The van der Waals surface area contributed by atoms with Gasteiger partial charge in [0, 0.05) is 9.89 Å². The monoisotopic (exact) mass is 398 g/mol. The summed E-state index contributed by atoms with van der Waals surface area (Å²) in [6.45, 7) is 4.70. The molecule has 0 saturated heterocycles. The fourth-order valence-corrected chi connectivity index (χ4v) is 4.70. The summed E-state index contributed by atoms with van der Waals surface area (Å²) < 4.78 is 1.11. The summed E-state index contributed by atoms with van der Waals surface area (Å²) in [5.41, 5.74) is 8.17. The largest absolute Gasteiger partial charge is 0.0616 e. The quantitative estimate of drug-likeness (QED) is 0.310.